The quantitative estimate of drug-likeness (QED) is 0.358. The van der Waals surface area contributed by atoms with Crippen molar-refractivity contribution in [1.82, 2.24) is 0 Å². The molecule has 0 saturated heterocycles. The van der Waals surface area contributed by atoms with Gasteiger partial charge in [-0.3, -0.25) is 0 Å². The van der Waals surface area contributed by atoms with Crippen LogP contribution in [0, 0.1) is 5.92 Å². The Morgan fingerprint density at radius 2 is 1.68 bits per heavy atom. The Kier molecular flexibility index (Phi) is 8.50. The molecular formula is C14H16Cl2PSiZr+. The second kappa shape index (κ2) is 8.20. The van der Waals surface area contributed by atoms with Crippen molar-refractivity contribution in [2.45, 2.75) is 18.8 Å². The van der Waals surface area contributed by atoms with Crippen LogP contribution < -0.4 is 24.8 Å². The van der Waals surface area contributed by atoms with Gasteiger partial charge in [0.15, 0.2) is 0 Å². The molecule has 19 heavy (non-hydrogen) atoms. The first kappa shape index (κ1) is 19.7. The Labute approximate surface area is 149 Å². The molecule has 0 spiro atoms. The summed E-state index contributed by atoms with van der Waals surface area (Å²) in [6.45, 7) is 4.95. The van der Waals surface area contributed by atoms with Crippen molar-refractivity contribution in [3.63, 3.8) is 0 Å². The van der Waals surface area contributed by atoms with Crippen molar-refractivity contribution in [2.75, 3.05) is 0 Å². The average Bonchev–Trinajstić information content (AvgIpc) is 2.92. The largest absolute Gasteiger partial charge is 2.00 e. The molecule has 2 aliphatic carbocycles. The van der Waals surface area contributed by atoms with Crippen LogP contribution in [-0.4, -0.2) is 13.7 Å². The summed E-state index contributed by atoms with van der Waals surface area (Å²) in [5.74, 6) is 0.665. The van der Waals surface area contributed by atoms with Gasteiger partial charge in [-0.25, -0.2) is 0 Å². The third-order valence-corrected chi connectivity index (χ3v) is 10.9. The molecule has 3 aliphatic rings. The van der Waals surface area contributed by atoms with Crippen LogP contribution in [0.15, 0.2) is 59.5 Å². The molecule has 0 N–H and O–H groups in total. The minimum absolute atomic E-state index is 0. The van der Waals surface area contributed by atoms with Crippen molar-refractivity contribution < 1.29 is 51.0 Å². The molecule has 5 heteroatoms. The number of hydrogen-bond donors (Lipinski definition) is 0. The van der Waals surface area contributed by atoms with Crippen LogP contribution >= 0.6 is 7.06 Å². The first-order valence-electron chi connectivity index (χ1n) is 5.82. The molecule has 0 radical (unpaired) electrons. The van der Waals surface area contributed by atoms with Crippen molar-refractivity contribution >= 4 is 15.1 Å². The van der Waals surface area contributed by atoms with E-state index < -0.39 is 0 Å². The van der Waals surface area contributed by atoms with Crippen molar-refractivity contribution in [1.29, 1.82) is 0 Å². The molecule has 0 saturated carbocycles. The summed E-state index contributed by atoms with van der Waals surface area (Å²) in [7, 11) is -0.127. The molecule has 0 bridgehead atoms. The zero-order valence-electron chi connectivity index (χ0n) is 11.0. The van der Waals surface area contributed by atoms with Crippen molar-refractivity contribution in [2.24, 2.45) is 5.92 Å². The molecule has 0 fully saturated rings. The smallest absolute Gasteiger partial charge is 1.00 e. The van der Waals surface area contributed by atoms with E-state index in [4.69, 9.17) is 0 Å². The van der Waals surface area contributed by atoms with E-state index in [2.05, 4.69) is 61.7 Å². The fourth-order valence-electron chi connectivity index (χ4n) is 2.70. The van der Waals surface area contributed by atoms with Gasteiger partial charge < -0.3 is 24.8 Å². The second-order valence-corrected chi connectivity index (χ2v) is 12.5. The van der Waals surface area contributed by atoms with Gasteiger partial charge >= 0.3 is 26.2 Å². The van der Waals surface area contributed by atoms with Gasteiger partial charge in [-0.2, -0.15) is 0 Å². The summed E-state index contributed by atoms with van der Waals surface area (Å²) >= 11 is 0. The van der Waals surface area contributed by atoms with E-state index in [1.165, 1.54) is 5.57 Å². The molecule has 0 amide bonds. The first-order chi connectivity index (χ1) is 7.77. The Morgan fingerprint density at radius 1 is 1.05 bits per heavy atom. The second-order valence-electron chi connectivity index (χ2n) is 4.69. The number of allylic oxidation sites excluding steroid dienone is 10. The maximum absolute atomic E-state index is 2.53. The summed E-state index contributed by atoms with van der Waals surface area (Å²) < 4.78 is 0. The van der Waals surface area contributed by atoms with E-state index in [0.29, 0.717) is 5.92 Å². The maximum Gasteiger partial charge on any atom is 2.00 e. The van der Waals surface area contributed by atoms with E-state index >= 15 is 0 Å². The van der Waals surface area contributed by atoms with E-state index in [0.717, 1.165) is 5.66 Å². The molecule has 0 nitrogen and oxygen atoms in total. The first-order valence-corrected chi connectivity index (χ1v) is 10.6. The summed E-state index contributed by atoms with van der Waals surface area (Å²) in [5, 5.41) is 1.67. The monoisotopic (exact) mass is 403 g/mol. The van der Waals surface area contributed by atoms with Crippen LogP contribution in [0.2, 0.25) is 13.1 Å². The van der Waals surface area contributed by atoms with Crippen LogP contribution in [0.5, 0.6) is 0 Å². The van der Waals surface area contributed by atoms with Gasteiger partial charge in [0.25, 0.3) is 0 Å². The van der Waals surface area contributed by atoms with E-state index in [9.17, 15) is 0 Å². The van der Waals surface area contributed by atoms with Gasteiger partial charge in [0.1, 0.15) is 11.0 Å². The fourth-order valence-corrected chi connectivity index (χ4v) is 10.2. The Bertz CT molecular complexity index is 514. The van der Waals surface area contributed by atoms with Crippen LogP contribution in [0.3, 0.4) is 0 Å². The summed E-state index contributed by atoms with van der Waals surface area (Å²) in [6, 6.07) is 0. The molecule has 98 valence electrons. The van der Waals surface area contributed by atoms with Crippen molar-refractivity contribution in [3.8, 4) is 0 Å². The zero-order chi connectivity index (χ0) is 11.1. The predicted octanol–water partition coefficient (Wildman–Crippen LogP) is -1.77. The zero-order valence-corrected chi connectivity index (χ0v) is 16.8. The van der Waals surface area contributed by atoms with E-state index in [1.54, 1.807) is 5.31 Å². The summed E-state index contributed by atoms with van der Waals surface area (Å²) in [4.78, 5) is 0. The summed E-state index contributed by atoms with van der Waals surface area (Å²) in [5.41, 5.74) is 2.30. The number of rotatable bonds is 1. The van der Waals surface area contributed by atoms with Gasteiger partial charge in [0.2, 0.25) is 8.05 Å². The maximum atomic E-state index is 2.53. The third-order valence-electron chi connectivity index (χ3n) is 3.39. The SMILES string of the molecule is C[Si](C)=[P+]1C2=CC=CC2=CC1C1C=CC=C1.[Cl-].[Cl-].[Zr+2]. The van der Waals surface area contributed by atoms with Crippen LogP contribution in [-0.2, 0) is 26.2 Å². The predicted molar refractivity (Wildman–Crippen MR) is 75.3 cm³/mol. The van der Waals surface area contributed by atoms with Gasteiger partial charge in [-0.15, -0.1) is 0 Å². The third kappa shape index (κ3) is 3.66. The van der Waals surface area contributed by atoms with E-state index in [1.807, 2.05) is 0 Å². The molecule has 0 aromatic carbocycles. The normalized spacial score (nSPS) is 24.1. The van der Waals surface area contributed by atoms with Gasteiger partial charge in [0, 0.05) is 11.5 Å². The van der Waals surface area contributed by atoms with Crippen LogP contribution in [0.1, 0.15) is 0 Å². The number of halogens is 2. The molecule has 0 aromatic heterocycles. The molecule has 0 aromatic rings. The molecule has 2 unspecified atom stereocenters. The van der Waals surface area contributed by atoms with Gasteiger partial charge in [0.05, 0.1) is 7.06 Å². The Morgan fingerprint density at radius 3 is 2.26 bits per heavy atom. The van der Waals surface area contributed by atoms with Crippen LogP contribution in [0.25, 0.3) is 0 Å². The van der Waals surface area contributed by atoms with E-state index in [-0.39, 0.29) is 66.1 Å². The van der Waals surface area contributed by atoms with Gasteiger partial charge in [-0.1, -0.05) is 36.5 Å². The molecule has 3 rings (SSSR count). The van der Waals surface area contributed by atoms with Crippen LogP contribution in [0.4, 0.5) is 0 Å². The fraction of sp³-hybridized carbons (Fsp3) is 0.286. The molecule has 2 atom stereocenters. The Hall–Kier alpha value is 0.680. The van der Waals surface area contributed by atoms with Gasteiger partial charge in [-0.05, 0) is 25.2 Å². The molecule has 1 aliphatic heterocycles. The topological polar surface area (TPSA) is 0 Å². The standard InChI is InChI=1S/C14H16PSi.2ClH.Zr/c1-16(2)15-13-9-5-8-12(13)10-14(15)11-6-3-4-7-11;;;/h3-11,14H,1-2H3;2*1H;/q+1;;;+2/p-2. The minimum atomic E-state index is -0.213. The average molecular weight is 405 g/mol. The molecule has 1 heterocycles. The Balaban J connectivity index is 0.00000108. The summed E-state index contributed by atoms with van der Waals surface area (Å²) in [6.07, 6.45) is 18.5. The minimum Gasteiger partial charge on any atom is -1.00 e. The molecular weight excluding hydrogens is 389 g/mol. The van der Waals surface area contributed by atoms with Crippen molar-refractivity contribution in [3.05, 3.63) is 59.5 Å². The number of fused-ring (bicyclic) bond motifs is 1. The number of hydrogen-bond acceptors (Lipinski definition) is 0.